The number of nitrogens with one attached hydrogen (secondary N) is 1. The summed E-state index contributed by atoms with van der Waals surface area (Å²) in [6.07, 6.45) is -1.67. The van der Waals surface area contributed by atoms with Crippen molar-refractivity contribution in [2.24, 2.45) is 0 Å². The number of ether oxygens (including phenoxy) is 1. The quantitative estimate of drug-likeness (QED) is 0.776. The van der Waals surface area contributed by atoms with Gasteiger partial charge in [0.2, 0.25) is 0 Å². The van der Waals surface area contributed by atoms with Crippen LogP contribution in [-0.4, -0.2) is 17.6 Å². The van der Waals surface area contributed by atoms with Crippen molar-refractivity contribution in [3.05, 3.63) is 70.5 Å². The van der Waals surface area contributed by atoms with Gasteiger partial charge in [0.1, 0.15) is 11.8 Å². The molecule has 2 rings (SSSR count). The summed E-state index contributed by atoms with van der Waals surface area (Å²) in [4.78, 5) is 15.0. The molecular formula is C17H14ClF3N2O2. The van der Waals surface area contributed by atoms with E-state index in [0.29, 0.717) is 6.20 Å². The van der Waals surface area contributed by atoms with Crippen molar-refractivity contribution in [2.45, 2.75) is 12.8 Å². The zero-order chi connectivity index (χ0) is 18.3. The molecule has 0 unspecified atom stereocenters. The van der Waals surface area contributed by atoms with E-state index in [1.807, 2.05) is 30.3 Å². The summed E-state index contributed by atoms with van der Waals surface area (Å²) in [7, 11) is 0. The number of carbonyl (C=O) groups excluding carboxylic acids is 1. The summed E-state index contributed by atoms with van der Waals surface area (Å²) in [6.45, 7) is 0.194. The molecule has 8 heteroatoms. The molecule has 0 radical (unpaired) electrons. The minimum Gasteiger partial charge on any atom is -0.445 e. The maximum atomic E-state index is 12.6. The standard InChI is InChI=1S/C17H14ClF3N2O2/c18-15-13(9-14(10-23-15)17(19,20)21)7-4-8-22-16(24)25-11-12-5-2-1-3-6-12/h1-7,9-10H,8,11H2,(H,22,24). The predicted molar refractivity (Wildman–Crippen MR) is 87.9 cm³/mol. The van der Waals surface area contributed by atoms with E-state index in [2.05, 4.69) is 10.3 Å². The fourth-order valence-corrected chi connectivity index (χ4v) is 2.01. The number of rotatable bonds is 5. The summed E-state index contributed by atoms with van der Waals surface area (Å²) in [6, 6.07) is 10.0. The highest BCUT2D eigenvalue weighted by molar-refractivity contribution is 6.30. The maximum absolute atomic E-state index is 12.6. The van der Waals surface area contributed by atoms with E-state index >= 15 is 0 Å². The Hall–Kier alpha value is -2.54. The van der Waals surface area contributed by atoms with Gasteiger partial charge in [-0.05, 0) is 11.6 Å². The van der Waals surface area contributed by atoms with Crippen LogP contribution in [0.4, 0.5) is 18.0 Å². The first-order valence-corrected chi connectivity index (χ1v) is 7.58. The van der Waals surface area contributed by atoms with E-state index in [1.54, 1.807) is 0 Å². The number of pyridine rings is 1. The number of hydrogen-bond acceptors (Lipinski definition) is 3. The number of aromatic nitrogens is 1. The normalized spacial score (nSPS) is 11.5. The molecule has 0 saturated heterocycles. The third kappa shape index (κ3) is 6.11. The van der Waals surface area contributed by atoms with E-state index in [9.17, 15) is 18.0 Å². The molecule has 0 saturated carbocycles. The Morgan fingerprint density at radius 2 is 2.00 bits per heavy atom. The highest BCUT2D eigenvalue weighted by atomic mass is 35.5. The summed E-state index contributed by atoms with van der Waals surface area (Å²) in [5, 5.41) is 2.39. The van der Waals surface area contributed by atoms with Gasteiger partial charge in [0.25, 0.3) is 0 Å². The second-order valence-corrected chi connectivity index (χ2v) is 5.30. The summed E-state index contributed by atoms with van der Waals surface area (Å²) in [5.74, 6) is 0. The molecule has 0 spiro atoms. The third-order valence-corrected chi connectivity index (χ3v) is 3.38. The molecule has 0 atom stereocenters. The Balaban J connectivity index is 1.84. The lowest BCUT2D eigenvalue weighted by molar-refractivity contribution is -0.137. The van der Waals surface area contributed by atoms with Gasteiger partial charge >= 0.3 is 12.3 Å². The van der Waals surface area contributed by atoms with E-state index in [4.69, 9.17) is 16.3 Å². The van der Waals surface area contributed by atoms with Crippen molar-refractivity contribution < 1.29 is 22.7 Å². The lowest BCUT2D eigenvalue weighted by Crippen LogP contribution is -2.24. The fraction of sp³-hybridized carbons (Fsp3) is 0.176. The van der Waals surface area contributed by atoms with E-state index < -0.39 is 17.8 Å². The van der Waals surface area contributed by atoms with Gasteiger partial charge in [-0.25, -0.2) is 9.78 Å². The topological polar surface area (TPSA) is 51.2 Å². The van der Waals surface area contributed by atoms with Gasteiger partial charge in [0.15, 0.2) is 0 Å². The fourth-order valence-electron chi connectivity index (χ4n) is 1.84. The zero-order valence-electron chi connectivity index (χ0n) is 12.9. The monoisotopic (exact) mass is 370 g/mol. The van der Waals surface area contributed by atoms with Gasteiger partial charge in [0.05, 0.1) is 5.56 Å². The van der Waals surface area contributed by atoms with Crippen molar-refractivity contribution in [1.29, 1.82) is 0 Å². The number of carbonyl (C=O) groups is 1. The van der Waals surface area contributed by atoms with Gasteiger partial charge in [-0.2, -0.15) is 13.2 Å². The largest absolute Gasteiger partial charge is 0.445 e. The highest BCUT2D eigenvalue weighted by Crippen LogP contribution is 2.30. The molecule has 1 amide bonds. The number of amides is 1. The number of alkyl carbamates (subject to hydrolysis) is 1. The second kappa shape index (κ2) is 8.53. The van der Waals surface area contributed by atoms with Crippen molar-refractivity contribution in [3.63, 3.8) is 0 Å². The average Bonchev–Trinajstić information content (AvgIpc) is 2.58. The van der Waals surface area contributed by atoms with Crippen LogP contribution >= 0.6 is 11.6 Å². The van der Waals surface area contributed by atoms with Gasteiger partial charge in [0, 0.05) is 18.3 Å². The molecule has 0 aliphatic carbocycles. The molecule has 0 fully saturated rings. The summed E-state index contributed by atoms with van der Waals surface area (Å²) >= 11 is 5.76. The van der Waals surface area contributed by atoms with E-state index in [-0.39, 0.29) is 23.9 Å². The molecule has 2 aromatic rings. The van der Waals surface area contributed by atoms with Crippen LogP contribution in [0.25, 0.3) is 6.08 Å². The van der Waals surface area contributed by atoms with Crippen molar-refractivity contribution in [3.8, 4) is 0 Å². The number of benzene rings is 1. The average molecular weight is 371 g/mol. The first-order chi connectivity index (χ1) is 11.9. The van der Waals surface area contributed by atoms with Crippen LogP contribution in [0.15, 0.2) is 48.7 Å². The van der Waals surface area contributed by atoms with Crippen LogP contribution in [0.3, 0.4) is 0 Å². The first kappa shape index (κ1) is 18.8. The SMILES string of the molecule is O=C(NCC=Cc1cc(C(F)(F)F)cnc1Cl)OCc1ccccc1. The second-order valence-electron chi connectivity index (χ2n) is 4.95. The van der Waals surface area contributed by atoms with E-state index in [0.717, 1.165) is 11.6 Å². The predicted octanol–water partition coefficient (Wildman–Crippen LogP) is 4.69. The van der Waals surface area contributed by atoms with Crippen molar-refractivity contribution in [1.82, 2.24) is 10.3 Å². The molecule has 0 bridgehead atoms. The van der Waals surface area contributed by atoms with Crippen LogP contribution in [-0.2, 0) is 17.5 Å². The van der Waals surface area contributed by atoms with Crippen molar-refractivity contribution >= 4 is 23.8 Å². The van der Waals surface area contributed by atoms with Gasteiger partial charge in [-0.3, -0.25) is 0 Å². The maximum Gasteiger partial charge on any atom is 0.417 e. The molecule has 0 aliphatic rings. The molecule has 1 aromatic heterocycles. The number of nitrogens with zero attached hydrogens (tertiary/aromatic N) is 1. The molecule has 25 heavy (non-hydrogen) atoms. The van der Waals surface area contributed by atoms with Gasteiger partial charge in [-0.1, -0.05) is 54.1 Å². The third-order valence-electron chi connectivity index (χ3n) is 3.07. The molecule has 4 nitrogen and oxygen atoms in total. The molecule has 132 valence electrons. The molecule has 1 heterocycles. The van der Waals surface area contributed by atoms with Crippen molar-refractivity contribution in [2.75, 3.05) is 6.54 Å². The van der Waals surface area contributed by atoms with Gasteiger partial charge < -0.3 is 10.1 Å². The summed E-state index contributed by atoms with van der Waals surface area (Å²) in [5.41, 5.74) is 0.0535. The molecular weight excluding hydrogens is 357 g/mol. The van der Waals surface area contributed by atoms with E-state index in [1.165, 1.54) is 12.2 Å². The Kier molecular flexibility index (Phi) is 6.41. The first-order valence-electron chi connectivity index (χ1n) is 7.20. The Morgan fingerprint density at radius 3 is 2.68 bits per heavy atom. The Bertz CT molecular complexity index is 749. The Labute approximate surface area is 147 Å². The summed E-state index contributed by atoms with van der Waals surface area (Å²) < 4.78 is 42.9. The van der Waals surface area contributed by atoms with Crippen LogP contribution in [0.5, 0.6) is 0 Å². The molecule has 0 aliphatic heterocycles. The molecule has 1 aromatic carbocycles. The lowest BCUT2D eigenvalue weighted by atomic mass is 10.2. The Morgan fingerprint density at radius 1 is 1.28 bits per heavy atom. The minimum absolute atomic E-state index is 0.0593. The zero-order valence-corrected chi connectivity index (χ0v) is 13.6. The van der Waals surface area contributed by atoms with Crippen LogP contribution in [0.2, 0.25) is 5.15 Å². The highest BCUT2D eigenvalue weighted by Gasteiger charge is 2.31. The molecule has 1 N–H and O–H groups in total. The number of halogens is 4. The number of hydrogen-bond donors (Lipinski definition) is 1. The van der Waals surface area contributed by atoms with Crippen LogP contribution < -0.4 is 5.32 Å². The van der Waals surface area contributed by atoms with Crippen LogP contribution in [0, 0.1) is 0 Å². The van der Waals surface area contributed by atoms with Gasteiger partial charge in [-0.15, -0.1) is 0 Å². The van der Waals surface area contributed by atoms with Crippen LogP contribution in [0.1, 0.15) is 16.7 Å². The smallest absolute Gasteiger partial charge is 0.417 e. The lowest BCUT2D eigenvalue weighted by Gasteiger charge is -2.07. The number of alkyl halides is 3. The minimum atomic E-state index is -4.50.